The van der Waals surface area contributed by atoms with Gasteiger partial charge in [0.1, 0.15) is 18.2 Å². The molecule has 0 radical (unpaired) electrons. The quantitative estimate of drug-likeness (QED) is 0.108. The van der Waals surface area contributed by atoms with E-state index in [1.807, 2.05) is 0 Å². The van der Waals surface area contributed by atoms with Crippen LogP contribution in [0.25, 0.3) is 0 Å². The van der Waals surface area contributed by atoms with Crippen LogP contribution in [0, 0.1) is 0 Å². The van der Waals surface area contributed by atoms with Crippen molar-refractivity contribution in [3.05, 3.63) is 95.4 Å². The van der Waals surface area contributed by atoms with E-state index in [0.29, 0.717) is 22.8 Å². The number of ether oxygens (including phenoxy) is 3. The van der Waals surface area contributed by atoms with Crippen molar-refractivity contribution in [1.82, 2.24) is 15.7 Å². The number of nitrogens with two attached hydrogens (primary N) is 2. The number of hydrogen-bond acceptors (Lipinski definition) is 10. The molecule has 216 valence electrons. The smallest absolute Gasteiger partial charge is 0.251 e. The van der Waals surface area contributed by atoms with Gasteiger partial charge in [-0.2, -0.15) is 0 Å². The molecule has 0 saturated heterocycles. The predicted octanol–water partition coefficient (Wildman–Crippen LogP) is 1.88. The van der Waals surface area contributed by atoms with E-state index in [9.17, 15) is 14.3 Å². The highest BCUT2D eigenvalue weighted by Gasteiger charge is 2.35. The minimum Gasteiger partial charge on any atom is -0.495 e. The number of aromatic nitrogens is 1. The number of rotatable bonds is 15. The van der Waals surface area contributed by atoms with E-state index in [-0.39, 0.29) is 48.9 Å². The summed E-state index contributed by atoms with van der Waals surface area (Å²) in [5.41, 5.74) is 7.38. The van der Waals surface area contributed by atoms with Crippen LogP contribution in [0.5, 0.6) is 17.2 Å². The molecular formula is C28H36FN5O6. The van der Waals surface area contributed by atoms with Gasteiger partial charge in [0, 0.05) is 18.2 Å². The summed E-state index contributed by atoms with van der Waals surface area (Å²) in [7, 11) is 2.87. The molecule has 0 spiro atoms. The highest BCUT2D eigenvalue weighted by molar-refractivity contribution is 5.95. The summed E-state index contributed by atoms with van der Waals surface area (Å²) in [6.07, 6.45) is 5.59. The van der Waals surface area contributed by atoms with Gasteiger partial charge in [-0.05, 0) is 48.9 Å². The second kappa shape index (κ2) is 15.3. The summed E-state index contributed by atoms with van der Waals surface area (Å²) in [4.78, 5) is 17.5. The van der Waals surface area contributed by atoms with Crippen molar-refractivity contribution in [3.63, 3.8) is 0 Å². The Morgan fingerprint density at radius 2 is 1.90 bits per heavy atom. The van der Waals surface area contributed by atoms with E-state index >= 15 is 0 Å². The Balaban J connectivity index is 2.38. The number of hydrogen-bond donors (Lipinski definition) is 6. The maximum Gasteiger partial charge on any atom is 0.251 e. The van der Waals surface area contributed by atoms with Crippen LogP contribution in [0.4, 0.5) is 4.39 Å². The molecule has 1 atom stereocenters. The number of nitrogens with one attached hydrogen (secondary N) is 2. The standard InChI is InChI=1S/C28H36FN5O6/c1-5-18(2)20(29)7-6-8-21-22(38-3)11-12-26(34-21)28(37,25(30)16-33-31)17-32-27(36)19-9-10-23(40-14-13-35)24(15-19)39-4/h5-7,9-12,15-16,33,35,37H,1,8,13-14,17,30-31H2,2-4H3,(H,32,36)/b7-6-,20-18+,25-16-. The zero-order valence-corrected chi connectivity index (χ0v) is 22.7. The number of carbonyl (C=O) groups excluding carboxylic acids is 1. The lowest BCUT2D eigenvalue weighted by atomic mass is 9.94. The summed E-state index contributed by atoms with van der Waals surface area (Å²) in [6, 6.07) is 7.57. The van der Waals surface area contributed by atoms with Crippen LogP contribution in [0.15, 0.2) is 78.4 Å². The number of allylic oxidation sites excluding steroid dienone is 5. The normalized spacial score (nSPS) is 13.7. The van der Waals surface area contributed by atoms with E-state index in [2.05, 4.69) is 22.3 Å². The fraction of sp³-hybridized carbons (Fsp3) is 0.286. The van der Waals surface area contributed by atoms with Gasteiger partial charge in [0.2, 0.25) is 0 Å². The summed E-state index contributed by atoms with van der Waals surface area (Å²) < 4.78 is 30.1. The number of benzene rings is 1. The largest absolute Gasteiger partial charge is 0.495 e. The summed E-state index contributed by atoms with van der Waals surface area (Å²) in [6.45, 7) is 4.63. The molecule has 0 aliphatic rings. The number of halogens is 1. The zero-order valence-electron chi connectivity index (χ0n) is 22.7. The van der Waals surface area contributed by atoms with E-state index in [1.54, 1.807) is 19.1 Å². The average Bonchev–Trinajstić information content (AvgIpc) is 2.97. The Hall–Kier alpha value is -4.39. The van der Waals surface area contributed by atoms with Crippen LogP contribution in [0.3, 0.4) is 0 Å². The first-order chi connectivity index (χ1) is 19.1. The lowest BCUT2D eigenvalue weighted by molar-refractivity contribution is 0.0618. The van der Waals surface area contributed by atoms with E-state index in [4.69, 9.17) is 30.9 Å². The van der Waals surface area contributed by atoms with Crippen LogP contribution >= 0.6 is 0 Å². The van der Waals surface area contributed by atoms with Gasteiger partial charge in [-0.15, -0.1) is 0 Å². The Labute approximate surface area is 232 Å². The second-order valence-electron chi connectivity index (χ2n) is 8.43. The number of aliphatic hydroxyl groups is 2. The summed E-state index contributed by atoms with van der Waals surface area (Å²) >= 11 is 0. The van der Waals surface area contributed by atoms with Crippen molar-refractivity contribution >= 4 is 5.91 Å². The van der Waals surface area contributed by atoms with Crippen LogP contribution in [-0.2, 0) is 12.0 Å². The van der Waals surface area contributed by atoms with Gasteiger partial charge >= 0.3 is 0 Å². The molecule has 1 aromatic carbocycles. The average molecular weight is 558 g/mol. The minimum absolute atomic E-state index is 0.0580. The number of nitrogens with zero attached hydrogens (tertiary/aromatic N) is 1. The third-order valence-corrected chi connectivity index (χ3v) is 5.83. The topological polar surface area (TPSA) is 174 Å². The maximum absolute atomic E-state index is 14.1. The monoisotopic (exact) mass is 557 g/mol. The molecule has 2 rings (SSSR count). The highest BCUT2D eigenvalue weighted by Crippen LogP contribution is 2.30. The number of aliphatic hydroxyl groups excluding tert-OH is 1. The molecule has 11 nitrogen and oxygen atoms in total. The molecule has 0 aliphatic carbocycles. The third-order valence-electron chi connectivity index (χ3n) is 5.83. The molecule has 2 aromatic rings. The van der Waals surface area contributed by atoms with Crippen LogP contribution < -0.4 is 36.5 Å². The zero-order chi connectivity index (χ0) is 29.7. The number of amides is 1. The molecule has 1 unspecified atom stereocenters. The molecule has 1 amide bonds. The lowest BCUT2D eigenvalue weighted by Crippen LogP contribution is -2.46. The first kappa shape index (κ1) is 31.8. The molecule has 40 heavy (non-hydrogen) atoms. The van der Waals surface area contributed by atoms with Gasteiger partial charge in [-0.25, -0.2) is 4.39 Å². The van der Waals surface area contributed by atoms with Gasteiger partial charge < -0.3 is 40.9 Å². The Kier molecular flexibility index (Phi) is 12.1. The predicted molar refractivity (Wildman–Crippen MR) is 149 cm³/mol. The van der Waals surface area contributed by atoms with Crippen LogP contribution in [-0.4, -0.2) is 55.1 Å². The van der Waals surface area contributed by atoms with Crippen LogP contribution in [0.2, 0.25) is 0 Å². The van der Waals surface area contributed by atoms with Crippen LogP contribution in [0.1, 0.15) is 28.7 Å². The summed E-state index contributed by atoms with van der Waals surface area (Å²) in [5.74, 6) is 5.44. The molecule has 1 heterocycles. The molecule has 1 aromatic heterocycles. The van der Waals surface area contributed by atoms with Gasteiger partial charge in [-0.1, -0.05) is 18.7 Å². The fourth-order valence-corrected chi connectivity index (χ4v) is 3.50. The Bertz CT molecular complexity index is 1280. The number of pyridine rings is 1. The molecule has 0 bridgehead atoms. The lowest BCUT2D eigenvalue weighted by Gasteiger charge is -2.29. The van der Waals surface area contributed by atoms with Gasteiger partial charge in [0.15, 0.2) is 17.1 Å². The molecule has 0 saturated carbocycles. The van der Waals surface area contributed by atoms with E-state index in [1.165, 1.54) is 56.8 Å². The fourth-order valence-electron chi connectivity index (χ4n) is 3.50. The van der Waals surface area contributed by atoms with Gasteiger partial charge in [-0.3, -0.25) is 15.6 Å². The minimum atomic E-state index is -1.99. The first-order valence-electron chi connectivity index (χ1n) is 12.2. The Morgan fingerprint density at radius 1 is 1.20 bits per heavy atom. The molecule has 12 heteroatoms. The summed E-state index contributed by atoms with van der Waals surface area (Å²) in [5, 5.41) is 23.3. The highest BCUT2D eigenvalue weighted by atomic mass is 19.1. The van der Waals surface area contributed by atoms with Crippen molar-refractivity contribution in [3.8, 4) is 17.2 Å². The van der Waals surface area contributed by atoms with Crippen molar-refractivity contribution in [2.45, 2.75) is 18.9 Å². The van der Waals surface area contributed by atoms with Crippen molar-refractivity contribution in [2.24, 2.45) is 11.6 Å². The molecule has 8 N–H and O–H groups in total. The number of hydrazine groups is 1. The molecule has 0 aliphatic heterocycles. The molecule has 0 fully saturated rings. The van der Waals surface area contributed by atoms with Gasteiger partial charge in [0.05, 0.1) is 44.5 Å². The first-order valence-corrected chi connectivity index (χ1v) is 12.2. The number of methoxy groups -OCH3 is 2. The van der Waals surface area contributed by atoms with Gasteiger partial charge in [0.25, 0.3) is 5.91 Å². The Morgan fingerprint density at radius 3 is 2.52 bits per heavy atom. The van der Waals surface area contributed by atoms with Crippen molar-refractivity contribution < 1.29 is 33.6 Å². The third kappa shape index (κ3) is 8.06. The van der Waals surface area contributed by atoms with Crippen molar-refractivity contribution in [1.29, 1.82) is 0 Å². The van der Waals surface area contributed by atoms with E-state index < -0.39 is 17.3 Å². The second-order valence-corrected chi connectivity index (χ2v) is 8.43. The number of carbonyl (C=O) groups is 1. The molecular weight excluding hydrogens is 521 g/mol. The maximum atomic E-state index is 14.1. The van der Waals surface area contributed by atoms with E-state index in [0.717, 1.165) is 0 Å². The SMILES string of the molecule is C=C/C(C)=C(F)\C=C/Cc1nc(C(O)(CNC(=O)c2ccc(OCCO)c(OC)c2)/C(N)=C/NN)ccc1OC. The van der Waals surface area contributed by atoms with Crippen molar-refractivity contribution in [2.75, 3.05) is 34.0 Å².